The molecule has 2 aliphatic rings. The molecule has 2 fully saturated rings. The molecule has 2 heteroatoms. The first-order valence-electron chi connectivity index (χ1n) is 6.11. The van der Waals surface area contributed by atoms with E-state index in [0.717, 1.165) is 18.6 Å². The van der Waals surface area contributed by atoms with Crippen molar-refractivity contribution in [2.24, 2.45) is 5.92 Å². The molecule has 1 saturated carbocycles. The summed E-state index contributed by atoms with van der Waals surface area (Å²) in [5.74, 6) is 0.786. The maximum atomic E-state index is 5.34. The van der Waals surface area contributed by atoms with Gasteiger partial charge in [0.2, 0.25) is 0 Å². The van der Waals surface area contributed by atoms with Gasteiger partial charge < -0.3 is 4.74 Å². The van der Waals surface area contributed by atoms with Gasteiger partial charge in [0.1, 0.15) is 0 Å². The highest BCUT2D eigenvalue weighted by Crippen LogP contribution is 2.26. The van der Waals surface area contributed by atoms with Crippen molar-refractivity contribution in [1.82, 2.24) is 4.90 Å². The molecule has 0 radical (unpaired) electrons. The van der Waals surface area contributed by atoms with Crippen molar-refractivity contribution in [3.63, 3.8) is 0 Å². The number of nitrogens with zero attached hydrogens (tertiary/aromatic N) is 1. The van der Waals surface area contributed by atoms with Gasteiger partial charge in [-0.1, -0.05) is 26.7 Å². The maximum absolute atomic E-state index is 5.34. The predicted octanol–water partition coefficient (Wildman–Crippen LogP) is 2.29. The van der Waals surface area contributed by atoms with E-state index in [1.165, 1.54) is 38.8 Å². The molecular formula is C12H23NO. The lowest BCUT2D eigenvalue weighted by atomic mass is 10.1. The lowest BCUT2D eigenvalue weighted by molar-refractivity contribution is 0.161. The molecule has 1 saturated heterocycles. The Hall–Kier alpha value is -0.0800. The van der Waals surface area contributed by atoms with E-state index in [9.17, 15) is 0 Å². The summed E-state index contributed by atoms with van der Waals surface area (Å²) < 4.78 is 5.34. The van der Waals surface area contributed by atoms with Crippen molar-refractivity contribution >= 4 is 0 Å². The summed E-state index contributed by atoms with van der Waals surface area (Å²) in [4.78, 5) is 2.68. The Morgan fingerprint density at radius 1 is 1.29 bits per heavy atom. The summed E-state index contributed by atoms with van der Waals surface area (Å²) in [6.45, 7) is 8.07. The van der Waals surface area contributed by atoms with Gasteiger partial charge in [0.25, 0.3) is 0 Å². The summed E-state index contributed by atoms with van der Waals surface area (Å²) in [5, 5.41) is 0. The first kappa shape index (κ1) is 10.4. The van der Waals surface area contributed by atoms with Gasteiger partial charge in [0.05, 0.1) is 12.7 Å². The molecule has 1 aliphatic heterocycles. The van der Waals surface area contributed by atoms with Gasteiger partial charge >= 0.3 is 0 Å². The van der Waals surface area contributed by atoms with Gasteiger partial charge in [-0.05, 0) is 18.8 Å². The molecule has 2 rings (SSSR count). The summed E-state index contributed by atoms with van der Waals surface area (Å²) in [5.41, 5.74) is 0. The molecule has 0 aromatic heterocycles. The Kier molecular flexibility index (Phi) is 3.45. The Morgan fingerprint density at radius 2 is 1.93 bits per heavy atom. The van der Waals surface area contributed by atoms with E-state index in [-0.39, 0.29) is 0 Å². The normalized spacial score (nSPS) is 27.9. The molecular weight excluding hydrogens is 174 g/mol. The third-order valence-electron chi connectivity index (χ3n) is 3.28. The highest BCUT2D eigenvalue weighted by Gasteiger charge is 2.30. The fraction of sp³-hybridized carbons (Fsp3) is 1.00. The van der Waals surface area contributed by atoms with Crippen molar-refractivity contribution in [2.45, 2.75) is 51.7 Å². The van der Waals surface area contributed by atoms with Crippen LogP contribution in [-0.2, 0) is 4.74 Å². The average molecular weight is 197 g/mol. The van der Waals surface area contributed by atoms with E-state index < -0.39 is 0 Å². The van der Waals surface area contributed by atoms with Gasteiger partial charge in [-0.2, -0.15) is 0 Å². The van der Waals surface area contributed by atoms with Crippen molar-refractivity contribution in [1.29, 1.82) is 0 Å². The number of ether oxygens (including phenoxy) is 1. The fourth-order valence-corrected chi connectivity index (χ4v) is 2.55. The van der Waals surface area contributed by atoms with Gasteiger partial charge in [-0.15, -0.1) is 0 Å². The van der Waals surface area contributed by atoms with Crippen LogP contribution in [0.2, 0.25) is 0 Å². The van der Waals surface area contributed by atoms with Crippen LogP contribution < -0.4 is 0 Å². The van der Waals surface area contributed by atoms with E-state index in [2.05, 4.69) is 18.7 Å². The molecule has 1 atom stereocenters. The van der Waals surface area contributed by atoms with E-state index in [4.69, 9.17) is 4.74 Å². The SMILES string of the molecule is CC(C)CN(CC1CO1)C1CCCC1. The minimum atomic E-state index is 0.564. The molecule has 0 amide bonds. The van der Waals surface area contributed by atoms with Gasteiger partial charge in [-0.25, -0.2) is 0 Å². The second-order valence-corrected chi connectivity index (χ2v) is 5.24. The Bertz CT molecular complexity index is 167. The number of epoxide rings is 1. The molecule has 1 aliphatic carbocycles. The van der Waals surface area contributed by atoms with Crippen LogP contribution in [0.3, 0.4) is 0 Å². The van der Waals surface area contributed by atoms with Gasteiger partial charge in [0.15, 0.2) is 0 Å². The monoisotopic (exact) mass is 197 g/mol. The van der Waals surface area contributed by atoms with Crippen LogP contribution in [0.25, 0.3) is 0 Å². The zero-order chi connectivity index (χ0) is 9.97. The fourth-order valence-electron chi connectivity index (χ4n) is 2.55. The first-order valence-corrected chi connectivity index (χ1v) is 6.11. The smallest absolute Gasteiger partial charge is 0.0936 e. The lowest BCUT2D eigenvalue weighted by Gasteiger charge is -2.29. The minimum Gasteiger partial charge on any atom is -0.372 e. The highest BCUT2D eigenvalue weighted by molar-refractivity contribution is 4.83. The lowest BCUT2D eigenvalue weighted by Crippen LogP contribution is -2.38. The Labute approximate surface area is 87.6 Å². The molecule has 0 N–H and O–H groups in total. The average Bonchev–Trinajstić information content (AvgIpc) is 2.79. The van der Waals surface area contributed by atoms with Crippen LogP contribution in [0.5, 0.6) is 0 Å². The summed E-state index contributed by atoms with van der Waals surface area (Å²) in [6, 6.07) is 0.863. The molecule has 0 bridgehead atoms. The molecule has 0 aromatic carbocycles. The van der Waals surface area contributed by atoms with Crippen LogP contribution >= 0.6 is 0 Å². The zero-order valence-electron chi connectivity index (χ0n) is 9.54. The Balaban J connectivity index is 1.82. The third-order valence-corrected chi connectivity index (χ3v) is 3.28. The van der Waals surface area contributed by atoms with Crippen LogP contribution in [-0.4, -0.2) is 36.7 Å². The summed E-state index contributed by atoms with van der Waals surface area (Å²) in [6.07, 6.45) is 6.27. The topological polar surface area (TPSA) is 15.8 Å². The molecule has 1 heterocycles. The number of hydrogen-bond donors (Lipinski definition) is 0. The van der Waals surface area contributed by atoms with Crippen LogP contribution in [0.4, 0.5) is 0 Å². The van der Waals surface area contributed by atoms with Gasteiger partial charge in [0, 0.05) is 19.1 Å². The molecule has 14 heavy (non-hydrogen) atoms. The molecule has 0 spiro atoms. The Morgan fingerprint density at radius 3 is 2.43 bits per heavy atom. The quantitative estimate of drug-likeness (QED) is 0.628. The second kappa shape index (κ2) is 4.63. The molecule has 82 valence electrons. The van der Waals surface area contributed by atoms with Crippen molar-refractivity contribution in [3.05, 3.63) is 0 Å². The van der Waals surface area contributed by atoms with Crippen molar-refractivity contribution < 1.29 is 4.74 Å². The van der Waals surface area contributed by atoms with E-state index >= 15 is 0 Å². The summed E-state index contributed by atoms with van der Waals surface area (Å²) >= 11 is 0. The minimum absolute atomic E-state index is 0.564. The predicted molar refractivity (Wildman–Crippen MR) is 58.4 cm³/mol. The van der Waals surface area contributed by atoms with Crippen LogP contribution in [0, 0.1) is 5.92 Å². The van der Waals surface area contributed by atoms with Crippen molar-refractivity contribution in [2.75, 3.05) is 19.7 Å². The standard InChI is InChI=1S/C12H23NO/c1-10(2)7-13(8-12-9-14-12)11-5-3-4-6-11/h10-12H,3-9H2,1-2H3. The van der Waals surface area contributed by atoms with Crippen molar-refractivity contribution in [3.8, 4) is 0 Å². The van der Waals surface area contributed by atoms with E-state index in [1.54, 1.807) is 0 Å². The maximum Gasteiger partial charge on any atom is 0.0936 e. The molecule has 2 nitrogen and oxygen atoms in total. The number of hydrogen-bond acceptors (Lipinski definition) is 2. The van der Waals surface area contributed by atoms with Crippen LogP contribution in [0.1, 0.15) is 39.5 Å². The second-order valence-electron chi connectivity index (χ2n) is 5.24. The van der Waals surface area contributed by atoms with Gasteiger partial charge in [-0.3, -0.25) is 4.90 Å². The van der Waals surface area contributed by atoms with E-state index in [1.807, 2.05) is 0 Å². The van der Waals surface area contributed by atoms with Crippen LogP contribution in [0.15, 0.2) is 0 Å². The largest absolute Gasteiger partial charge is 0.372 e. The molecule has 1 unspecified atom stereocenters. The third kappa shape index (κ3) is 2.96. The highest BCUT2D eigenvalue weighted by atomic mass is 16.6. The zero-order valence-corrected chi connectivity index (χ0v) is 9.54. The first-order chi connectivity index (χ1) is 6.75. The molecule has 0 aromatic rings. The summed E-state index contributed by atoms with van der Waals surface area (Å²) in [7, 11) is 0. The number of rotatable bonds is 5. The van der Waals surface area contributed by atoms with E-state index in [0.29, 0.717) is 6.10 Å².